The normalized spacial score (nSPS) is 10.2. The molecule has 5 nitrogen and oxygen atoms in total. The quantitative estimate of drug-likeness (QED) is 0.909. The van der Waals surface area contributed by atoms with E-state index in [1.54, 1.807) is 23.8 Å². The van der Waals surface area contributed by atoms with Gasteiger partial charge in [0.15, 0.2) is 0 Å². The Kier molecular flexibility index (Phi) is 3.87. The molecule has 2 rings (SSSR count). The number of hydrogen-bond donors (Lipinski definition) is 2. The van der Waals surface area contributed by atoms with Gasteiger partial charge in [-0.25, -0.2) is 4.79 Å². The highest BCUT2D eigenvalue weighted by molar-refractivity contribution is 7.13. The third kappa shape index (κ3) is 2.77. The Morgan fingerprint density at radius 2 is 2.05 bits per heavy atom. The number of nitrogens with one attached hydrogen (secondary N) is 1. The standard InChI is InChI=1S/C12H11NO4S2/c1-6-4-19-10(12(15)16)9(6)13-11(14)8-3-7(17-2)5-18-8/h3-5H,1-2H3,(H,13,14)(H,15,16). The van der Waals surface area contributed by atoms with Gasteiger partial charge in [0.2, 0.25) is 0 Å². The lowest BCUT2D eigenvalue weighted by Gasteiger charge is -2.04. The lowest BCUT2D eigenvalue weighted by molar-refractivity contribution is 0.0703. The topological polar surface area (TPSA) is 75.6 Å². The highest BCUT2D eigenvalue weighted by atomic mass is 32.1. The summed E-state index contributed by atoms with van der Waals surface area (Å²) in [7, 11) is 1.52. The largest absolute Gasteiger partial charge is 0.496 e. The first kappa shape index (κ1) is 13.6. The lowest BCUT2D eigenvalue weighted by Crippen LogP contribution is -2.12. The molecule has 100 valence electrons. The van der Waals surface area contributed by atoms with Gasteiger partial charge in [0, 0.05) is 11.4 Å². The zero-order chi connectivity index (χ0) is 14.0. The molecule has 19 heavy (non-hydrogen) atoms. The number of aromatic carboxylic acids is 1. The summed E-state index contributed by atoms with van der Waals surface area (Å²) < 4.78 is 5.00. The number of carboxylic acid groups (broad SMARTS) is 1. The van der Waals surface area contributed by atoms with Crippen molar-refractivity contribution in [2.24, 2.45) is 0 Å². The summed E-state index contributed by atoms with van der Waals surface area (Å²) in [5, 5.41) is 15.1. The Hall–Kier alpha value is -1.86. The van der Waals surface area contributed by atoms with Crippen LogP contribution in [0.15, 0.2) is 16.8 Å². The monoisotopic (exact) mass is 297 g/mol. The van der Waals surface area contributed by atoms with Crippen LogP contribution in [0.4, 0.5) is 5.69 Å². The zero-order valence-corrected chi connectivity index (χ0v) is 11.9. The first-order chi connectivity index (χ1) is 9.02. The Bertz CT molecular complexity index is 629. The number of amides is 1. The molecule has 0 spiro atoms. The molecular formula is C12H11NO4S2. The van der Waals surface area contributed by atoms with Crippen molar-refractivity contribution in [1.29, 1.82) is 0 Å². The molecule has 2 aromatic rings. The average Bonchev–Trinajstić information content (AvgIpc) is 2.97. The molecule has 0 aliphatic rings. The first-order valence-electron chi connectivity index (χ1n) is 5.28. The van der Waals surface area contributed by atoms with Crippen LogP contribution in [0.25, 0.3) is 0 Å². The summed E-state index contributed by atoms with van der Waals surface area (Å²) in [6.45, 7) is 1.76. The molecule has 0 saturated carbocycles. The molecule has 0 saturated heterocycles. The van der Waals surface area contributed by atoms with Crippen molar-refractivity contribution < 1.29 is 19.4 Å². The summed E-state index contributed by atoms with van der Waals surface area (Å²) in [6.07, 6.45) is 0. The van der Waals surface area contributed by atoms with E-state index in [0.717, 1.165) is 16.9 Å². The number of hydrogen-bond acceptors (Lipinski definition) is 5. The van der Waals surface area contributed by atoms with Crippen LogP contribution in [0.3, 0.4) is 0 Å². The van der Waals surface area contributed by atoms with Gasteiger partial charge in [0.1, 0.15) is 10.6 Å². The molecule has 0 aromatic carbocycles. The summed E-state index contributed by atoms with van der Waals surface area (Å²) in [5.41, 5.74) is 1.09. The molecule has 0 radical (unpaired) electrons. The molecule has 0 atom stereocenters. The number of aryl methyl sites for hydroxylation is 1. The minimum absolute atomic E-state index is 0.134. The van der Waals surface area contributed by atoms with Crippen molar-refractivity contribution in [2.75, 3.05) is 12.4 Å². The SMILES string of the molecule is COc1csc(C(=O)Nc2c(C)csc2C(=O)O)c1. The van der Waals surface area contributed by atoms with Gasteiger partial charge in [-0.1, -0.05) is 0 Å². The summed E-state index contributed by atoms with van der Waals surface area (Å²) in [5.74, 6) is -0.773. The molecule has 0 aliphatic heterocycles. The van der Waals surface area contributed by atoms with E-state index in [1.807, 2.05) is 0 Å². The molecule has 0 aliphatic carbocycles. The van der Waals surface area contributed by atoms with Crippen molar-refractivity contribution >= 4 is 40.2 Å². The van der Waals surface area contributed by atoms with Crippen LogP contribution in [0, 0.1) is 6.92 Å². The Balaban J connectivity index is 2.23. The van der Waals surface area contributed by atoms with Gasteiger partial charge in [0.05, 0.1) is 17.7 Å². The van der Waals surface area contributed by atoms with E-state index < -0.39 is 5.97 Å². The second-order valence-electron chi connectivity index (χ2n) is 3.73. The molecule has 0 fully saturated rings. The van der Waals surface area contributed by atoms with Gasteiger partial charge in [-0.05, 0) is 17.9 Å². The number of ether oxygens (including phenoxy) is 1. The van der Waals surface area contributed by atoms with Crippen LogP contribution in [-0.4, -0.2) is 24.1 Å². The maximum atomic E-state index is 12.0. The number of carbonyl (C=O) groups is 2. The third-order valence-electron chi connectivity index (χ3n) is 2.44. The maximum absolute atomic E-state index is 12.0. The van der Waals surface area contributed by atoms with Gasteiger partial charge in [-0.3, -0.25) is 4.79 Å². The van der Waals surface area contributed by atoms with Gasteiger partial charge < -0.3 is 15.2 Å². The van der Waals surface area contributed by atoms with E-state index in [0.29, 0.717) is 16.3 Å². The van der Waals surface area contributed by atoms with Crippen molar-refractivity contribution in [3.63, 3.8) is 0 Å². The second kappa shape index (κ2) is 5.41. The van der Waals surface area contributed by atoms with Crippen LogP contribution >= 0.6 is 22.7 Å². The molecule has 7 heteroatoms. The smallest absolute Gasteiger partial charge is 0.348 e. The van der Waals surface area contributed by atoms with Gasteiger partial charge in [0.25, 0.3) is 5.91 Å². The minimum atomic E-state index is -1.04. The minimum Gasteiger partial charge on any atom is -0.496 e. The third-order valence-corrected chi connectivity index (χ3v) is 4.44. The van der Waals surface area contributed by atoms with E-state index >= 15 is 0 Å². The number of anilines is 1. The van der Waals surface area contributed by atoms with Gasteiger partial charge in [-0.2, -0.15) is 0 Å². The predicted octanol–water partition coefficient (Wildman–Crippen LogP) is 3.08. The maximum Gasteiger partial charge on any atom is 0.348 e. The van der Waals surface area contributed by atoms with Crippen molar-refractivity contribution in [3.8, 4) is 5.75 Å². The second-order valence-corrected chi connectivity index (χ2v) is 5.52. The van der Waals surface area contributed by atoms with E-state index in [4.69, 9.17) is 9.84 Å². The molecule has 2 heterocycles. The van der Waals surface area contributed by atoms with Crippen LogP contribution in [-0.2, 0) is 0 Å². The number of thiophene rings is 2. The molecular weight excluding hydrogens is 286 g/mol. The Morgan fingerprint density at radius 3 is 2.63 bits per heavy atom. The van der Waals surface area contributed by atoms with Crippen LogP contribution in [0.5, 0.6) is 5.75 Å². The molecule has 2 aromatic heterocycles. The fourth-order valence-electron chi connectivity index (χ4n) is 1.48. The fourth-order valence-corrected chi connectivity index (χ4v) is 3.07. The summed E-state index contributed by atoms with van der Waals surface area (Å²) >= 11 is 2.34. The number of rotatable bonds is 4. The van der Waals surface area contributed by atoms with Crippen LogP contribution in [0.2, 0.25) is 0 Å². The summed E-state index contributed by atoms with van der Waals surface area (Å²) in [6, 6.07) is 1.61. The van der Waals surface area contributed by atoms with Crippen molar-refractivity contribution in [2.45, 2.75) is 6.92 Å². The van der Waals surface area contributed by atoms with Gasteiger partial charge in [-0.15, -0.1) is 22.7 Å². The van der Waals surface area contributed by atoms with E-state index in [-0.39, 0.29) is 10.8 Å². The van der Waals surface area contributed by atoms with E-state index in [2.05, 4.69) is 5.32 Å². The molecule has 0 bridgehead atoms. The highest BCUT2D eigenvalue weighted by Gasteiger charge is 2.18. The zero-order valence-electron chi connectivity index (χ0n) is 10.2. The lowest BCUT2D eigenvalue weighted by atomic mass is 10.2. The molecule has 1 amide bonds. The van der Waals surface area contributed by atoms with Crippen molar-refractivity contribution in [3.05, 3.63) is 32.1 Å². The molecule has 2 N–H and O–H groups in total. The van der Waals surface area contributed by atoms with Crippen molar-refractivity contribution in [1.82, 2.24) is 0 Å². The number of carboxylic acids is 1. The Morgan fingerprint density at radius 1 is 1.32 bits per heavy atom. The fraction of sp³-hybridized carbons (Fsp3) is 0.167. The first-order valence-corrected chi connectivity index (χ1v) is 7.04. The summed E-state index contributed by atoms with van der Waals surface area (Å²) in [4.78, 5) is 23.7. The molecule has 0 unspecified atom stereocenters. The Labute approximate surface area is 117 Å². The predicted molar refractivity (Wildman–Crippen MR) is 74.8 cm³/mol. The number of methoxy groups -OCH3 is 1. The van der Waals surface area contributed by atoms with E-state index in [1.165, 1.54) is 18.4 Å². The van der Waals surface area contributed by atoms with E-state index in [9.17, 15) is 9.59 Å². The van der Waals surface area contributed by atoms with Crippen LogP contribution in [0.1, 0.15) is 24.9 Å². The van der Waals surface area contributed by atoms with Gasteiger partial charge >= 0.3 is 5.97 Å². The van der Waals surface area contributed by atoms with Crippen LogP contribution < -0.4 is 10.1 Å². The highest BCUT2D eigenvalue weighted by Crippen LogP contribution is 2.29. The average molecular weight is 297 g/mol. The number of carbonyl (C=O) groups excluding carboxylic acids is 1.